The number of benzene rings is 1. The van der Waals surface area contributed by atoms with Gasteiger partial charge in [0.2, 0.25) is 11.8 Å². The summed E-state index contributed by atoms with van der Waals surface area (Å²) in [6.45, 7) is 5.85. The smallest absolute Gasteiger partial charge is 0.248 e. The summed E-state index contributed by atoms with van der Waals surface area (Å²) >= 11 is 0. The number of allylic oxidation sites excluding steroid dienone is 1. The first kappa shape index (κ1) is 20.8. The molecule has 1 aliphatic carbocycles. The van der Waals surface area contributed by atoms with Crippen molar-refractivity contribution in [1.29, 1.82) is 5.41 Å². The van der Waals surface area contributed by atoms with Crippen LogP contribution in [0.1, 0.15) is 30.4 Å². The first-order chi connectivity index (χ1) is 14.6. The number of carbonyl (C=O) groups excluding carboxylic acids is 2. The molecule has 4 rings (SSSR count). The van der Waals surface area contributed by atoms with E-state index in [-0.39, 0.29) is 11.8 Å². The van der Waals surface area contributed by atoms with Crippen LogP contribution in [0.15, 0.2) is 30.4 Å². The predicted octanol–water partition coefficient (Wildman–Crippen LogP) is 1.89. The minimum atomic E-state index is -0.237. The number of amides is 2. The summed E-state index contributed by atoms with van der Waals surface area (Å²) in [4.78, 5) is 31.4. The van der Waals surface area contributed by atoms with Crippen LogP contribution in [0.25, 0.3) is 0 Å². The van der Waals surface area contributed by atoms with E-state index in [4.69, 9.17) is 5.41 Å². The van der Waals surface area contributed by atoms with E-state index < -0.39 is 0 Å². The molecule has 2 N–H and O–H groups in total. The number of hydrogen-bond acceptors (Lipinski definition) is 5. The summed E-state index contributed by atoms with van der Waals surface area (Å²) in [5.74, 6) is 0.00691. The van der Waals surface area contributed by atoms with Crippen molar-refractivity contribution in [2.45, 2.75) is 38.3 Å². The van der Waals surface area contributed by atoms with E-state index >= 15 is 0 Å². The summed E-state index contributed by atoms with van der Waals surface area (Å²) in [5, 5.41) is 9.77. The number of piperazine rings is 1. The van der Waals surface area contributed by atoms with Gasteiger partial charge >= 0.3 is 0 Å². The SMILES string of the molecule is N=C/C=C\C(=O)Nc1ccc2c(c1)CCN(CC(=O)N1CCN(C3CCC3)CC1)C2. The standard InChI is InChI=1S/C23H31N5O2/c24-9-2-5-22(29)25-20-7-6-19-16-26(10-8-18(19)15-20)17-23(30)28-13-11-27(12-14-28)21-3-1-4-21/h2,5-7,9,15,21,24H,1,3-4,8,10-14,16-17H2,(H,25,29)/b5-2-,24-9?. The summed E-state index contributed by atoms with van der Waals surface area (Å²) < 4.78 is 0. The highest BCUT2D eigenvalue weighted by Gasteiger charge is 2.30. The third-order valence-corrected chi connectivity index (χ3v) is 6.53. The van der Waals surface area contributed by atoms with Crippen LogP contribution in [0, 0.1) is 5.41 Å². The second kappa shape index (κ2) is 9.53. The highest BCUT2D eigenvalue weighted by Crippen LogP contribution is 2.26. The molecule has 2 aliphatic heterocycles. The van der Waals surface area contributed by atoms with Gasteiger partial charge in [-0.15, -0.1) is 0 Å². The predicted molar refractivity (Wildman–Crippen MR) is 118 cm³/mol. The van der Waals surface area contributed by atoms with E-state index in [0.29, 0.717) is 6.54 Å². The first-order valence-corrected chi connectivity index (χ1v) is 11.0. The van der Waals surface area contributed by atoms with Gasteiger partial charge in [0.1, 0.15) is 0 Å². The molecule has 0 radical (unpaired) electrons. The highest BCUT2D eigenvalue weighted by molar-refractivity contribution is 6.01. The number of nitrogens with zero attached hydrogens (tertiary/aromatic N) is 3. The lowest BCUT2D eigenvalue weighted by Gasteiger charge is -2.43. The molecule has 30 heavy (non-hydrogen) atoms. The van der Waals surface area contributed by atoms with Gasteiger partial charge in [-0.05, 0) is 48.6 Å². The summed E-state index contributed by atoms with van der Waals surface area (Å²) in [5.41, 5.74) is 3.21. The quantitative estimate of drug-likeness (QED) is 0.555. The van der Waals surface area contributed by atoms with Crippen molar-refractivity contribution in [2.75, 3.05) is 44.6 Å². The topological polar surface area (TPSA) is 79.7 Å². The Morgan fingerprint density at radius 1 is 1.10 bits per heavy atom. The summed E-state index contributed by atoms with van der Waals surface area (Å²) in [6, 6.07) is 6.73. The van der Waals surface area contributed by atoms with Gasteiger partial charge in [-0.2, -0.15) is 0 Å². The third-order valence-electron chi connectivity index (χ3n) is 6.53. The molecule has 1 aromatic carbocycles. The molecule has 1 saturated heterocycles. The van der Waals surface area contributed by atoms with Gasteiger partial charge in [0.25, 0.3) is 0 Å². The van der Waals surface area contributed by atoms with E-state index in [1.54, 1.807) is 0 Å². The van der Waals surface area contributed by atoms with E-state index in [1.165, 1.54) is 42.5 Å². The molecule has 160 valence electrons. The molecule has 1 saturated carbocycles. The molecule has 7 heteroatoms. The van der Waals surface area contributed by atoms with E-state index in [2.05, 4.69) is 15.1 Å². The highest BCUT2D eigenvalue weighted by atomic mass is 16.2. The fourth-order valence-corrected chi connectivity index (χ4v) is 4.52. The molecular formula is C23H31N5O2. The molecule has 3 aliphatic rings. The van der Waals surface area contributed by atoms with E-state index in [0.717, 1.165) is 63.6 Å². The van der Waals surface area contributed by atoms with Crippen LogP contribution < -0.4 is 5.32 Å². The number of anilines is 1. The monoisotopic (exact) mass is 409 g/mol. The van der Waals surface area contributed by atoms with E-state index in [1.807, 2.05) is 23.1 Å². The van der Waals surface area contributed by atoms with Crippen LogP contribution >= 0.6 is 0 Å². The van der Waals surface area contributed by atoms with Gasteiger partial charge in [0, 0.05) is 63.3 Å². The van der Waals surface area contributed by atoms with Crippen molar-refractivity contribution >= 4 is 23.7 Å². The minimum Gasteiger partial charge on any atom is -0.339 e. The Kier molecular flexibility index (Phi) is 6.59. The van der Waals surface area contributed by atoms with Crippen LogP contribution in [-0.2, 0) is 22.6 Å². The Labute approximate surface area is 178 Å². The van der Waals surface area contributed by atoms with Crippen LogP contribution in [0.4, 0.5) is 5.69 Å². The minimum absolute atomic E-state index is 0.237. The summed E-state index contributed by atoms with van der Waals surface area (Å²) in [7, 11) is 0. The Balaban J connectivity index is 1.27. The molecule has 7 nitrogen and oxygen atoms in total. The maximum absolute atomic E-state index is 12.8. The zero-order valence-corrected chi connectivity index (χ0v) is 17.5. The fourth-order valence-electron chi connectivity index (χ4n) is 4.52. The molecule has 2 heterocycles. The van der Waals surface area contributed by atoms with Crippen molar-refractivity contribution < 1.29 is 9.59 Å². The zero-order valence-electron chi connectivity index (χ0n) is 17.5. The van der Waals surface area contributed by atoms with Gasteiger partial charge < -0.3 is 15.6 Å². The lowest BCUT2D eigenvalue weighted by molar-refractivity contribution is -0.135. The second-order valence-electron chi connectivity index (χ2n) is 8.46. The molecule has 0 bridgehead atoms. The molecule has 0 atom stereocenters. The zero-order chi connectivity index (χ0) is 20.9. The molecule has 0 aromatic heterocycles. The van der Waals surface area contributed by atoms with Gasteiger partial charge in [-0.25, -0.2) is 0 Å². The number of fused-ring (bicyclic) bond motifs is 1. The number of hydrogen-bond donors (Lipinski definition) is 2. The number of nitrogens with one attached hydrogen (secondary N) is 2. The molecule has 2 amide bonds. The van der Waals surface area contributed by atoms with Crippen molar-refractivity contribution in [1.82, 2.24) is 14.7 Å². The molecular weight excluding hydrogens is 378 g/mol. The Morgan fingerprint density at radius 2 is 1.90 bits per heavy atom. The largest absolute Gasteiger partial charge is 0.339 e. The Morgan fingerprint density at radius 3 is 2.60 bits per heavy atom. The van der Waals surface area contributed by atoms with Crippen LogP contribution in [0.5, 0.6) is 0 Å². The second-order valence-corrected chi connectivity index (χ2v) is 8.46. The molecule has 1 aromatic rings. The van der Waals surface area contributed by atoms with E-state index in [9.17, 15) is 9.59 Å². The normalized spacial score (nSPS) is 20.6. The molecule has 0 spiro atoms. The lowest BCUT2D eigenvalue weighted by atomic mass is 9.91. The number of rotatable bonds is 6. The number of carbonyl (C=O) groups is 2. The Bertz CT molecular complexity index is 825. The summed E-state index contributed by atoms with van der Waals surface area (Å²) in [6.07, 6.45) is 8.70. The lowest BCUT2D eigenvalue weighted by Crippen LogP contribution is -2.55. The maximum atomic E-state index is 12.8. The maximum Gasteiger partial charge on any atom is 0.248 e. The first-order valence-electron chi connectivity index (χ1n) is 11.0. The van der Waals surface area contributed by atoms with Crippen LogP contribution in [0.2, 0.25) is 0 Å². The van der Waals surface area contributed by atoms with Crippen molar-refractivity contribution in [3.8, 4) is 0 Å². The van der Waals surface area contributed by atoms with Gasteiger partial charge in [-0.3, -0.25) is 19.4 Å². The van der Waals surface area contributed by atoms with Crippen LogP contribution in [0.3, 0.4) is 0 Å². The molecule has 0 unspecified atom stereocenters. The molecule has 2 fully saturated rings. The average Bonchev–Trinajstić information content (AvgIpc) is 2.71. The average molecular weight is 410 g/mol. The van der Waals surface area contributed by atoms with Crippen molar-refractivity contribution in [3.05, 3.63) is 41.5 Å². The third kappa shape index (κ3) is 4.96. The van der Waals surface area contributed by atoms with Gasteiger partial charge in [0.15, 0.2) is 0 Å². The van der Waals surface area contributed by atoms with Crippen molar-refractivity contribution in [3.63, 3.8) is 0 Å². The van der Waals surface area contributed by atoms with Gasteiger partial charge in [-0.1, -0.05) is 12.5 Å². The van der Waals surface area contributed by atoms with Gasteiger partial charge in [0.05, 0.1) is 6.54 Å². The van der Waals surface area contributed by atoms with Crippen molar-refractivity contribution in [2.24, 2.45) is 0 Å². The van der Waals surface area contributed by atoms with Crippen LogP contribution in [-0.4, -0.2) is 78.0 Å². The Hall–Kier alpha value is -2.51. The fraction of sp³-hybridized carbons (Fsp3) is 0.522.